The Morgan fingerprint density at radius 1 is 1.12 bits per heavy atom. The maximum absolute atomic E-state index is 13.3. The second kappa shape index (κ2) is 7.19. The summed E-state index contributed by atoms with van der Waals surface area (Å²) in [4.78, 5) is 11.5. The van der Waals surface area contributed by atoms with Crippen LogP contribution in [-0.2, 0) is 14.8 Å². The van der Waals surface area contributed by atoms with Crippen molar-refractivity contribution >= 4 is 27.9 Å². The molecule has 2 aromatic rings. The predicted molar refractivity (Wildman–Crippen MR) is 103 cm³/mol. The summed E-state index contributed by atoms with van der Waals surface area (Å²) >= 11 is 5.96. The maximum Gasteiger partial charge on any atom is 0.244 e. The van der Waals surface area contributed by atoms with Crippen LogP contribution in [0.15, 0.2) is 77.2 Å². The molecule has 4 nitrogen and oxygen atoms in total. The Bertz CT molecular complexity index is 977. The second-order valence-electron chi connectivity index (χ2n) is 6.23. The molecule has 6 heteroatoms. The molecule has 0 spiro atoms. The smallest absolute Gasteiger partial charge is 0.244 e. The zero-order valence-corrected chi connectivity index (χ0v) is 15.8. The summed E-state index contributed by atoms with van der Waals surface area (Å²) in [5.41, 5.74) is 2.62. The van der Waals surface area contributed by atoms with Crippen molar-refractivity contribution in [3.63, 3.8) is 0 Å². The highest BCUT2D eigenvalue weighted by Gasteiger charge is 2.36. The van der Waals surface area contributed by atoms with Gasteiger partial charge < -0.3 is 0 Å². The lowest BCUT2D eigenvalue weighted by Gasteiger charge is -2.35. The molecule has 1 aliphatic heterocycles. The van der Waals surface area contributed by atoms with Gasteiger partial charge in [-0.3, -0.25) is 4.79 Å². The van der Waals surface area contributed by atoms with E-state index in [-0.39, 0.29) is 11.4 Å². The fraction of sp³-hybridized carbons (Fsp3) is 0.150. The number of nitrogens with zero attached hydrogens (tertiary/aromatic N) is 1. The molecule has 0 amide bonds. The molecule has 0 radical (unpaired) electrons. The lowest BCUT2D eigenvalue weighted by molar-refractivity contribution is -0.105. The SMILES string of the molecule is C=C1C=C(C=O)CN(S(=O)(=O)c2ccc(C)cc2)[C@@H]1c1ccc(Cl)cc1. The molecule has 1 atom stereocenters. The summed E-state index contributed by atoms with van der Waals surface area (Å²) < 4.78 is 27.9. The molecule has 0 fully saturated rings. The van der Waals surface area contributed by atoms with Gasteiger partial charge in [0, 0.05) is 17.1 Å². The van der Waals surface area contributed by atoms with Gasteiger partial charge in [0.05, 0.1) is 10.9 Å². The number of halogens is 1. The Kier molecular flexibility index (Phi) is 5.14. The molecular weight excluding hydrogens is 370 g/mol. The third kappa shape index (κ3) is 3.51. The zero-order chi connectivity index (χ0) is 18.9. The Morgan fingerprint density at radius 2 is 1.73 bits per heavy atom. The van der Waals surface area contributed by atoms with Gasteiger partial charge >= 0.3 is 0 Å². The molecule has 0 aromatic heterocycles. The summed E-state index contributed by atoms with van der Waals surface area (Å²) in [6.45, 7) is 5.87. The molecule has 134 valence electrons. The van der Waals surface area contributed by atoms with Gasteiger partial charge in [-0.05, 0) is 48.4 Å². The molecule has 1 aliphatic rings. The molecule has 1 heterocycles. The highest BCUT2D eigenvalue weighted by atomic mass is 35.5. The molecule has 2 aromatic carbocycles. The largest absolute Gasteiger partial charge is 0.298 e. The maximum atomic E-state index is 13.3. The second-order valence-corrected chi connectivity index (χ2v) is 8.56. The van der Waals surface area contributed by atoms with Gasteiger partial charge in [0.1, 0.15) is 6.29 Å². The van der Waals surface area contributed by atoms with E-state index in [0.717, 1.165) is 11.1 Å². The topological polar surface area (TPSA) is 54.5 Å². The standard InChI is InChI=1S/C20H18ClNO3S/c1-14-3-9-19(10-4-14)26(24,25)22-12-16(13-23)11-15(2)20(22)17-5-7-18(21)8-6-17/h3-11,13,20H,2,12H2,1H3/t20-/m0/s1. The number of hydrogen-bond donors (Lipinski definition) is 0. The average molecular weight is 388 g/mol. The van der Waals surface area contributed by atoms with Gasteiger partial charge in [0.15, 0.2) is 0 Å². The number of hydrogen-bond acceptors (Lipinski definition) is 3. The number of carbonyl (C=O) groups is 1. The summed E-state index contributed by atoms with van der Waals surface area (Å²) in [5, 5.41) is 0.562. The van der Waals surface area contributed by atoms with Crippen LogP contribution in [0.25, 0.3) is 0 Å². The number of carbonyl (C=O) groups excluding carboxylic acids is 1. The fourth-order valence-corrected chi connectivity index (χ4v) is 4.72. The van der Waals surface area contributed by atoms with Gasteiger partial charge in [-0.15, -0.1) is 0 Å². The van der Waals surface area contributed by atoms with Gasteiger partial charge in [0.2, 0.25) is 10.0 Å². The number of rotatable bonds is 4. The fourth-order valence-electron chi connectivity index (χ4n) is 2.98. The van der Waals surface area contributed by atoms with E-state index < -0.39 is 16.1 Å². The minimum atomic E-state index is -3.82. The lowest BCUT2D eigenvalue weighted by atomic mass is 9.95. The first-order chi connectivity index (χ1) is 12.3. The van der Waals surface area contributed by atoms with Crippen molar-refractivity contribution in [2.24, 2.45) is 0 Å². The Hall–Kier alpha value is -2.21. The van der Waals surface area contributed by atoms with E-state index >= 15 is 0 Å². The highest BCUT2D eigenvalue weighted by Crippen LogP contribution is 2.37. The molecular formula is C20H18ClNO3S. The predicted octanol–water partition coefficient (Wildman–Crippen LogP) is 4.08. The Labute approximate surface area is 158 Å². The van der Waals surface area contributed by atoms with Crippen molar-refractivity contribution < 1.29 is 13.2 Å². The van der Waals surface area contributed by atoms with E-state index in [1.165, 1.54) is 4.31 Å². The van der Waals surface area contributed by atoms with Crippen molar-refractivity contribution in [1.29, 1.82) is 0 Å². The van der Waals surface area contributed by atoms with E-state index in [0.29, 0.717) is 22.5 Å². The quantitative estimate of drug-likeness (QED) is 0.743. The van der Waals surface area contributed by atoms with Crippen molar-refractivity contribution in [3.05, 3.63) is 88.5 Å². The summed E-state index contributed by atoms with van der Waals surface area (Å²) in [7, 11) is -3.82. The minimum absolute atomic E-state index is 0.00791. The Morgan fingerprint density at radius 3 is 2.31 bits per heavy atom. The van der Waals surface area contributed by atoms with Crippen molar-refractivity contribution in [2.75, 3.05) is 6.54 Å². The van der Waals surface area contributed by atoms with Crippen LogP contribution in [0.3, 0.4) is 0 Å². The van der Waals surface area contributed by atoms with Crippen LogP contribution in [0.5, 0.6) is 0 Å². The van der Waals surface area contributed by atoms with E-state index in [1.807, 2.05) is 6.92 Å². The molecule has 26 heavy (non-hydrogen) atoms. The summed E-state index contributed by atoms with van der Waals surface area (Å²) in [6.07, 6.45) is 2.31. The summed E-state index contributed by atoms with van der Waals surface area (Å²) in [6, 6.07) is 13.0. The van der Waals surface area contributed by atoms with Crippen LogP contribution in [0.4, 0.5) is 0 Å². The third-order valence-electron chi connectivity index (χ3n) is 4.31. The van der Waals surface area contributed by atoms with Gasteiger partial charge in [0.25, 0.3) is 0 Å². The molecule has 0 saturated heterocycles. The van der Waals surface area contributed by atoms with Gasteiger partial charge in [-0.2, -0.15) is 4.31 Å². The van der Waals surface area contributed by atoms with Crippen molar-refractivity contribution in [1.82, 2.24) is 4.31 Å². The van der Waals surface area contributed by atoms with Crippen molar-refractivity contribution in [3.8, 4) is 0 Å². The van der Waals surface area contributed by atoms with Crippen LogP contribution < -0.4 is 0 Å². The normalized spacial score (nSPS) is 18.5. The summed E-state index contributed by atoms with van der Waals surface area (Å²) in [5.74, 6) is 0. The number of aldehydes is 1. The third-order valence-corrected chi connectivity index (χ3v) is 6.39. The Balaban J connectivity index is 2.12. The van der Waals surface area contributed by atoms with Crippen LogP contribution in [-0.4, -0.2) is 25.6 Å². The monoisotopic (exact) mass is 387 g/mol. The van der Waals surface area contributed by atoms with E-state index in [2.05, 4.69) is 6.58 Å². The first-order valence-electron chi connectivity index (χ1n) is 8.01. The van der Waals surface area contributed by atoms with Crippen LogP contribution in [0, 0.1) is 6.92 Å². The molecule has 0 unspecified atom stereocenters. The number of benzene rings is 2. The van der Waals surface area contributed by atoms with Gasteiger partial charge in [-0.1, -0.05) is 48.0 Å². The number of aryl methyl sites for hydroxylation is 1. The minimum Gasteiger partial charge on any atom is -0.298 e. The van der Waals surface area contributed by atoms with Crippen LogP contribution in [0.2, 0.25) is 5.02 Å². The highest BCUT2D eigenvalue weighted by molar-refractivity contribution is 7.89. The zero-order valence-electron chi connectivity index (χ0n) is 14.2. The molecule has 3 rings (SSSR count). The lowest BCUT2D eigenvalue weighted by Crippen LogP contribution is -2.39. The molecule has 0 N–H and O–H groups in total. The molecule has 0 bridgehead atoms. The average Bonchev–Trinajstić information content (AvgIpc) is 2.62. The first kappa shape index (κ1) is 18.6. The van der Waals surface area contributed by atoms with E-state index in [9.17, 15) is 13.2 Å². The first-order valence-corrected chi connectivity index (χ1v) is 9.83. The van der Waals surface area contributed by atoms with E-state index in [1.54, 1.807) is 54.6 Å². The van der Waals surface area contributed by atoms with Crippen molar-refractivity contribution in [2.45, 2.75) is 17.9 Å². The molecule has 0 saturated carbocycles. The van der Waals surface area contributed by atoms with E-state index in [4.69, 9.17) is 11.6 Å². The van der Waals surface area contributed by atoms with Crippen LogP contribution >= 0.6 is 11.6 Å². The number of sulfonamides is 1. The van der Waals surface area contributed by atoms with Crippen LogP contribution in [0.1, 0.15) is 17.2 Å². The van der Waals surface area contributed by atoms with Gasteiger partial charge in [-0.25, -0.2) is 8.42 Å². The molecule has 0 aliphatic carbocycles.